The fourth-order valence-electron chi connectivity index (χ4n) is 4.76. The average molecular weight is 550 g/mol. The first-order valence-corrected chi connectivity index (χ1v) is 14.6. The summed E-state index contributed by atoms with van der Waals surface area (Å²) in [6.07, 6.45) is 3.33. The number of aromatic nitrogens is 3. The van der Waals surface area contributed by atoms with Crippen LogP contribution in [0, 0.1) is 0 Å². The maximum atomic E-state index is 13.5. The van der Waals surface area contributed by atoms with Crippen molar-refractivity contribution in [2.24, 2.45) is 0 Å². The number of fused-ring (bicyclic) bond motifs is 1. The van der Waals surface area contributed by atoms with Gasteiger partial charge in [-0.25, -0.2) is 13.4 Å². The van der Waals surface area contributed by atoms with Gasteiger partial charge in [-0.3, -0.25) is 14.1 Å². The summed E-state index contributed by atoms with van der Waals surface area (Å²) in [5.74, 6) is 0.620. The van der Waals surface area contributed by atoms with Gasteiger partial charge in [0, 0.05) is 45.5 Å². The van der Waals surface area contributed by atoms with Crippen molar-refractivity contribution in [1.82, 2.24) is 23.7 Å². The van der Waals surface area contributed by atoms with Crippen LogP contribution in [0.15, 0.2) is 34.1 Å². The molecule has 0 radical (unpaired) electrons. The maximum absolute atomic E-state index is 13.5. The number of H-pyrrole nitrogens is 1. The van der Waals surface area contributed by atoms with Crippen LogP contribution in [-0.4, -0.2) is 89.9 Å². The molecule has 0 atom stereocenters. The molecule has 1 aliphatic heterocycles. The van der Waals surface area contributed by atoms with E-state index in [4.69, 9.17) is 9.72 Å². The minimum absolute atomic E-state index is 0.0298. The molecular weight excluding hydrogens is 513 g/mol. The smallest absolute Gasteiger partial charge is 0.275 e. The van der Waals surface area contributed by atoms with Crippen molar-refractivity contribution in [3.05, 3.63) is 40.3 Å². The lowest BCUT2D eigenvalue weighted by Gasteiger charge is -2.33. The normalized spacial score (nSPS) is 15.4. The molecule has 0 saturated carbocycles. The quantitative estimate of drug-likeness (QED) is 0.356. The Morgan fingerprint density at radius 2 is 1.95 bits per heavy atom. The fraction of sp³-hybridized carbons (Fsp3) is 0.538. The standard InChI is InChI=1S/C26H36FN5O5S/c1-3-16-37-22-8-7-20(38(35,36)32-12-10-30(11-13-32)14-15-33)17-21(22)25-28-23-19(6-5-9-27)18-31(4-2)24(23)26(34)29-25/h7-8,17-18,33H,3-6,9-16H2,1-2H3,(H,28,29,34). The predicted octanol–water partition coefficient (Wildman–Crippen LogP) is 2.40. The molecule has 1 fully saturated rings. The number of sulfonamides is 1. The summed E-state index contributed by atoms with van der Waals surface area (Å²) in [4.78, 5) is 22.9. The van der Waals surface area contributed by atoms with E-state index in [1.807, 2.05) is 24.9 Å². The van der Waals surface area contributed by atoms with E-state index in [0.29, 0.717) is 81.1 Å². The molecule has 10 nitrogen and oxygen atoms in total. The number of aliphatic hydroxyl groups excluding tert-OH is 1. The number of aliphatic hydroxyl groups is 1. The van der Waals surface area contributed by atoms with Gasteiger partial charge in [0.25, 0.3) is 5.56 Å². The number of nitrogens with one attached hydrogen (secondary N) is 1. The van der Waals surface area contributed by atoms with E-state index in [1.54, 1.807) is 10.6 Å². The van der Waals surface area contributed by atoms with E-state index in [-0.39, 0.29) is 22.9 Å². The number of aryl methyl sites for hydroxylation is 2. The minimum Gasteiger partial charge on any atom is -0.493 e. The largest absolute Gasteiger partial charge is 0.493 e. The number of hydrogen-bond donors (Lipinski definition) is 2. The van der Waals surface area contributed by atoms with E-state index >= 15 is 0 Å². The molecule has 3 heterocycles. The summed E-state index contributed by atoms with van der Waals surface area (Å²) in [5, 5.41) is 9.17. The van der Waals surface area contributed by atoms with Gasteiger partial charge in [0.2, 0.25) is 10.0 Å². The molecule has 208 valence electrons. The number of nitrogens with zero attached hydrogens (tertiary/aromatic N) is 4. The van der Waals surface area contributed by atoms with Crippen molar-refractivity contribution in [3.63, 3.8) is 0 Å². The predicted molar refractivity (Wildman–Crippen MR) is 144 cm³/mol. The average Bonchev–Trinajstić information content (AvgIpc) is 3.29. The second-order valence-electron chi connectivity index (χ2n) is 9.32. The van der Waals surface area contributed by atoms with Crippen LogP contribution >= 0.6 is 0 Å². The number of β-amino-alcohol motifs (C(OH)–C–C–N with tert-alkyl or cyclic N) is 1. The molecule has 0 aliphatic carbocycles. The van der Waals surface area contributed by atoms with Gasteiger partial charge in [-0.2, -0.15) is 4.31 Å². The Morgan fingerprint density at radius 3 is 2.61 bits per heavy atom. The third-order valence-electron chi connectivity index (χ3n) is 6.77. The van der Waals surface area contributed by atoms with Crippen LogP contribution in [0.2, 0.25) is 0 Å². The Balaban J connectivity index is 1.79. The van der Waals surface area contributed by atoms with Crippen molar-refractivity contribution < 1.29 is 22.7 Å². The van der Waals surface area contributed by atoms with E-state index in [9.17, 15) is 22.7 Å². The van der Waals surface area contributed by atoms with Gasteiger partial charge in [0.15, 0.2) is 0 Å². The zero-order valence-corrected chi connectivity index (χ0v) is 22.8. The summed E-state index contributed by atoms with van der Waals surface area (Å²) in [6.45, 7) is 6.61. The summed E-state index contributed by atoms with van der Waals surface area (Å²) >= 11 is 0. The number of halogens is 1. The highest BCUT2D eigenvalue weighted by Gasteiger charge is 2.29. The Labute approximate surface area is 222 Å². The van der Waals surface area contributed by atoms with Crippen molar-refractivity contribution in [2.75, 3.05) is 52.6 Å². The second-order valence-corrected chi connectivity index (χ2v) is 11.3. The van der Waals surface area contributed by atoms with Crippen molar-refractivity contribution >= 4 is 21.1 Å². The summed E-state index contributed by atoms with van der Waals surface area (Å²) in [5.41, 5.74) is 1.68. The van der Waals surface area contributed by atoms with Crippen LogP contribution < -0.4 is 10.3 Å². The third kappa shape index (κ3) is 5.78. The zero-order chi connectivity index (χ0) is 27.3. The Hall–Kier alpha value is -2.80. The van der Waals surface area contributed by atoms with Crippen LogP contribution in [0.5, 0.6) is 5.75 Å². The molecule has 1 aliphatic rings. The highest BCUT2D eigenvalue weighted by molar-refractivity contribution is 7.89. The fourth-order valence-corrected chi connectivity index (χ4v) is 6.21. The first-order chi connectivity index (χ1) is 18.3. The van der Waals surface area contributed by atoms with Crippen LogP contribution in [0.1, 0.15) is 32.3 Å². The van der Waals surface area contributed by atoms with Crippen LogP contribution in [0.4, 0.5) is 4.39 Å². The molecule has 2 aromatic heterocycles. The highest BCUT2D eigenvalue weighted by Crippen LogP contribution is 2.33. The van der Waals surface area contributed by atoms with E-state index in [0.717, 1.165) is 12.0 Å². The van der Waals surface area contributed by atoms with Crippen LogP contribution in [-0.2, 0) is 23.0 Å². The first-order valence-electron chi connectivity index (χ1n) is 13.1. The molecule has 2 N–H and O–H groups in total. The first kappa shape index (κ1) is 28.2. The molecule has 0 amide bonds. The Kier molecular flexibility index (Phi) is 9.19. The van der Waals surface area contributed by atoms with Crippen molar-refractivity contribution in [3.8, 4) is 17.1 Å². The number of alkyl halides is 1. The number of rotatable bonds is 12. The highest BCUT2D eigenvalue weighted by atomic mass is 32.2. The SMILES string of the molecule is CCCOc1ccc(S(=O)(=O)N2CCN(CCO)CC2)cc1-c1nc2c(CCCF)cn(CC)c2c(=O)[nH]1. The van der Waals surface area contributed by atoms with Gasteiger partial charge in [0.05, 0.1) is 35.9 Å². The molecule has 0 bridgehead atoms. The molecule has 3 aromatic rings. The molecule has 0 spiro atoms. The molecule has 1 aromatic carbocycles. The molecule has 1 saturated heterocycles. The van der Waals surface area contributed by atoms with Gasteiger partial charge >= 0.3 is 0 Å². The third-order valence-corrected chi connectivity index (χ3v) is 8.67. The second kappa shape index (κ2) is 12.4. The monoisotopic (exact) mass is 549 g/mol. The molecular formula is C26H36FN5O5S. The van der Waals surface area contributed by atoms with E-state index in [2.05, 4.69) is 4.98 Å². The minimum atomic E-state index is -3.82. The van der Waals surface area contributed by atoms with E-state index < -0.39 is 16.7 Å². The van der Waals surface area contributed by atoms with Gasteiger partial charge < -0.3 is 19.4 Å². The topological polar surface area (TPSA) is 121 Å². The lowest BCUT2D eigenvalue weighted by Crippen LogP contribution is -2.49. The lowest BCUT2D eigenvalue weighted by atomic mass is 10.1. The van der Waals surface area contributed by atoms with Crippen LogP contribution in [0.25, 0.3) is 22.4 Å². The molecule has 38 heavy (non-hydrogen) atoms. The van der Waals surface area contributed by atoms with Crippen molar-refractivity contribution in [1.29, 1.82) is 0 Å². The van der Waals surface area contributed by atoms with Gasteiger partial charge in [-0.15, -0.1) is 0 Å². The summed E-state index contributed by atoms with van der Waals surface area (Å²) < 4.78 is 49.2. The number of aromatic amines is 1. The molecule has 12 heteroatoms. The summed E-state index contributed by atoms with van der Waals surface area (Å²) in [7, 11) is -3.82. The number of benzene rings is 1. The molecule has 0 unspecified atom stereocenters. The van der Waals surface area contributed by atoms with E-state index in [1.165, 1.54) is 16.4 Å². The number of ether oxygens (including phenoxy) is 1. The maximum Gasteiger partial charge on any atom is 0.275 e. The van der Waals surface area contributed by atoms with Gasteiger partial charge in [-0.1, -0.05) is 6.92 Å². The van der Waals surface area contributed by atoms with Gasteiger partial charge in [-0.05, 0) is 49.9 Å². The molecule has 4 rings (SSSR count). The lowest BCUT2D eigenvalue weighted by molar-refractivity contribution is 0.151. The van der Waals surface area contributed by atoms with Gasteiger partial charge in [0.1, 0.15) is 17.1 Å². The number of piperazine rings is 1. The van der Waals surface area contributed by atoms with Crippen LogP contribution in [0.3, 0.4) is 0 Å². The number of hydrogen-bond acceptors (Lipinski definition) is 7. The Bertz CT molecular complexity index is 1410. The van der Waals surface area contributed by atoms with Crippen molar-refractivity contribution in [2.45, 2.75) is 44.6 Å². The zero-order valence-electron chi connectivity index (χ0n) is 21.9. The summed E-state index contributed by atoms with van der Waals surface area (Å²) in [6, 6.07) is 4.62. The Morgan fingerprint density at radius 1 is 1.18 bits per heavy atom.